The van der Waals surface area contributed by atoms with Crippen LogP contribution < -0.4 is 0 Å². The molecule has 0 aliphatic carbocycles. The maximum absolute atomic E-state index is 10.8. The van der Waals surface area contributed by atoms with Gasteiger partial charge in [0.05, 0.1) is 5.60 Å². The summed E-state index contributed by atoms with van der Waals surface area (Å²) in [6, 6.07) is 21.1. The van der Waals surface area contributed by atoms with Gasteiger partial charge in [0.2, 0.25) is 0 Å². The number of piperidine rings is 1. The van der Waals surface area contributed by atoms with Crippen LogP contribution in [0.15, 0.2) is 60.7 Å². The Bertz CT molecular complexity index is 579. The third-order valence-electron chi connectivity index (χ3n) is 4.95. The lowest BCUT2D eigenvalue weighted by Gasteiger charge is -2.38. The molecule has 0 spiro atoms. The number of aliphatic hydroxyl groups is 1. The van der Waals surface area contributed by atoms with E-state index in [1.807, 2.05) is 6.07 Å². The van der Waals surface area contributed by atoms with Crippen molar-refractivity contribution >= 4 is 12.4 Å². The molecule has 0 saturated carbocycles. The summed E-state index contributed by atoms with van der Waals surface area (Å²) in [5.41, 5.74) is 2.15. The van der Waals surface area contributed by atoms with E-state index in [0.717, 1.165) is 45.3 Å². The van der Waals surface area contributed by atoms with E-state index in [4.69, 9.17) is 0 Å². The molecule has 1 aliphatic rings. The molecule has 24 heavy (non-hydrogen) atoms. The minimum atomic E-state index is -0.517. The average molecular weight is 346 g/mol. The van der Waals surface area contributed by atoms with Gasteiger partial charge in [0, 0.05) is 19.5 Å². The van der Waals surface area contributed by atoms with Crippen molar-refractivity contribution in [2.45, 2.75) is 37.7 Å². The average Bonchev–Trinajstić information content (AvgIpc) is 2.59. The van der Waals surface area contributed by atoms with Gasteiger partial charge in [0.1, 0.15) is 0 Å². The van der Waals surface area contributed by atoms with Gasteiger partial charge in [-0.05, 0) is 43.4 Å². The maximum atomic E-state index is 10.8. The summed E-state index contributed by atoms with van der Waals surface area (Å²) in [7, 11) is 0. The van der Waals surface area contributed by atoms with E-state index in [0.29, 0.717) is 0 Å². The van der Waals surface area contributed by atoms with Gasteiger partial charge in [0.25, 0.3) is 0 Å². The first-order valence-electron chi connectivity index (χ1n) is 8.76. The lowest BCUT2D eigenvalue weighted by atomic mass is 9.85. The summed E-state index contributed by atoms with van der Waals surface area (Å²) in [6.45, 7) is 3.16. The molecule has 1 heterocycles. The molecular weight excluding hydrogens is 318 g/mol. The Kier molecular flexibility index (Phi) is 7.29. The molecule has 1 saturated heterocycles. The standard InChI is InChI=1S/C21H27NO.ClH/c23-21(18-20-10-5-2-6-11-20)13-16-22(17-14-21)15-7-12-19-8-3-1-4-9-19;/h1-6,8-11,23H,7,12-18H2;1H. The van der Waals surface area contributed by atoms with Crippen LogP contribution in [0.5, 0.6) is 0 Å². The van der Waals surface area contributed by atoms with Crippen molar-refractivity contribution in [1.82, 2.24) is 4.90 Å². The maximum Gasteiger partial charge on any atom is 0.0712 e. The number of likely N-dealkylation sites (tertiary alicyclic amines) is 1. The largest absolute Gasteiger partial charge is 0.389 e. The quantitative estimate of drug-likeness (QED) is 0.851. The summed E-state index contributed by atoms with van der Waals surface area (Å²) in [6.07, 6.45) is 4.89. The van der Waals surface area contributed by atoms with E-state index in [9.17, 15) is 5.11 Å². The second-order valence-electron chi connectivity index (χ2n) is 6.82. The zero-order chi connectivity index (χ0) is 16.0. The van der Waals surface area contributed by atoms with Crippen LogP contribution in [0.3, 0.4) is 0 Å². The van der Waals surface area contributed by atoms with E-state index >= 15 is 0 Å². The highest BCUT2D eigenvalue weighted by Gasteiger charge is 2.32. The summed E-state index contributed by atoms with van der Waals surface area (Å²) < 4.78 is 0. The van der Waals surface area contributed by atoms with Gasteiger partial charge in [-0.3, -0.25) is 0 Å². The first-order valence-corrected chi connectivity index (χ1v) is 8.76. The number of hydrogen-bond acceptors (Lipinski definition) is 2. The molecule has 2 aromatic rings. The van der Waals surface area contributed by atoms with Crippen LogP contribution >= 0.6 is 12.4 Å². The van der Waals surface area contributed by atoms with Crippen molar-refractivity contribution in [2.75, 3.05) is 19.6 Å². The fourth-order valence-electron chi connectivity index (χ4n) is 3.50. The Hall–Kier alpha value is -1.35. The third-order valence-corrected chi connectivity index (χ3v) is 4.95. The smallest absolute Gasteiger partial charge is 0.0712 e. The highest BCUT2D eigenvalue weighted by atomic mass is 35.5. The van der Waals surface area contributed by atoms with Crippen molar-refractivity contribution in [2.24, 2.45) is 0 Å². The van der Waals surface area contributed by atoms with Crippen molar-refractivity contribution in [3.05, 3.63) is 71.8 Å². The molecule has 0 amide bonds. The number of rotatable bonds is 6. The number of halogens is 1. The van der Waals surface area contributed by atoms with Crippen LogP contribution in [-0.4, -0.2) is 35.2 Å². The lowest BCUT2D eigenvalue weighted by Crippen LogP contribution is -2.45. The topological polar surface area (TPSA) is 23.5 Å². The van der Waals surface area contributed by atoms with Crippen LogP contribution in [0, 0.1) is 0 Å². The molecule has 0 aromatic heterocycles. The Labute approximate surface area is 151 Å². The molecule has 3 rings (SSSR count). The van der Waals surface area contributed by atoms with Crippen molar-refractivity contribution in [1.29, 1.82) is 0 Å². The molecular formula is C21H28ClNO. The Morgan fingerprint density at radius 1 is 0.833 bits per heavy atom. The molecule has 130 valence electrons. The zero-order valence-corrected chi connectivity index (χ0v) is 15.0. The first kappa shape index (κ1) is 19.0. The molecule has 3 heteroatoms. The number of hydrogen-bond donors (Lipinski definition) is 1. The van der Waals surface area contributed by atoms with Crippen LogP contribution in [0.4, 0.5) is 0 Å². The minimum absolute atomic E-state index is 0. The van der Waals surface area contributed by atoms with Gasteiger partial charge in [0.15, 0.2) is 0 Å². The summed E-state index contributed by atoms with van der Waals surface area (Å²) >= 11 is 0. The van der Waals surface area contributed by atoms with E-state index in [2.05, 4.69) is 59.5 Å². The van der Waals surface area contributed by atoms with E-state index in [-0.39, 0.29) is 12.4 Å². The van der Waals surface area contributed by atoms with Crippen LogP contribution in [0.2, 0.25) is 0 Å². The number of benzene rings is 2. The fourth-order valence-corrected chi connectivity index (χ4v) is 3.50. The highest BCUT2D eigenvalue weighted by Crippen LogP contribution is 2.26. The van der Waals surface area contributed by atoms with E-state index < -0.39 is 5.60 Å². The summed E-state index contributed by atoms with van der Waals surface area (Å²) in [5.74, 6) is 0. The van der Waals surface area contributed by atoms with Crippen LogP contribution in [-0.2, 0) is 12.8 Å². The van der Waals surface area contributed by atoms with Crippen LogP contribution in [0.1, 0.15) is 30.4 Å². The Morgan fingerprint density at radius 2 is 1.38 bits per heavy atom. The molecule has 0 bridgehead atoms. The van der Waals surface area contributed by atoms with Gasteiger partial charge in [-0.15, -0.1) is 12.4 Å². The molecule has 2 aromatic carbocycles. The van der Waals surface area contributed by atoms with E-state index in [1.54, 1.807) is 0 Å². The Balaban J connectivity index is 0.00000208. The second-order valence-corrected chi connectivity index (χ2v) is 6.82. The second kappa shape index (κ2) is 9.22. The van der Waals surface area contributed by atoms with Gasteiger partial charge in [-0.1, -0.05) is 60.7 Å². The van der Waals surface area contributed by atoms with Crippen molar-refractivity contribution < 1.29 is 5.11 Å². The third kappa shape index (κ3) is 5.62. The van der Waals surface area contributed by atoms with Gasteiger partial charge >= 0.3 is 0 Å². The monoisotopic (exact) mass is 345 g/mol. The highest BCUT2D eigenvalue weighted by molar-refractivity contribution is 5.85. The lowest BCUT2D eigenvalue weighted by molar-refractivity contribution is -0.0207. The molecule has 1 fully saturated rings. The summed E-state index contributed by atoms with van der Waals surface area (Å²) in [4.78, 5) is 2.50. The van der Waals surface area contributed by atoms with Gasteiger partial charge < -0.3 is 10.0 Å². The molecule has 0 unspecified atom stereocenters. The first-order chi connectivity index (χ1) is 11.2. The predicted molar refractivity (Wildman–Crippen MR) is 103 cm³/mol. The molecule has 1 N–H and O–H groups in total. The van der Waals surface area contributed by atoms with Crippen molar-refractivity contribution in [3.63, 3.8) is 0 Å². The number of nitrogens with zero attached hydrogens (tertiary/aromatic N) is 1. The molecule has 2 nitrogen and oxygen atoms in total. The molecule has 0 atom stereocenters. The van der Waals surface area contributed by atoms with Crippen LogP contribution in [0.25, 0.3) is 0 Å². The van der Waals surface area contributed by atoms with Gasteiger partial charge in [-0.2, -0.15) is 0 Å². The molecule has 1 aliphatic heterocycles. The van der Waals surface area contributed by atoms with E-state index in [1.165, 1.54) is 17.5 Å². The van der Waals surface area contributed by atoms with Crippen molar-refractivity contribution in [3.8, 4) is 0 Å². The number of aryl methyl sites for hydroxylation is 1. The predicted octanol–water partition coefficient (Wildman–Crippen LogP) is 4.11. The summed E-state index contributed by atoms with van der Waals surface area (Å²) in [5, 5.41) is 10.8. The zero-order valence-electron chi connectivity index (χ0n) is 14.2. The SMILES string of the molecule is Cl.OC1(Cc2ccccc2)CCN(CCCc2ccccc2)CC1. The minimum Gasteiger partial charge on any atom is -0.389 e. The fraction of sp³-hybridized carbons (Fsp3) is 0.429. The normalized spacial score (nSPS) is 17.2. The Morgan fingerprint density at radius 3 is 1.96 bits per heavy atom. The molecule has 0 radical (unpaired) electrons. The van der Waals surface area contributed by atoms with Gasteiger partial charge in [-0.25, -0.2) is 0 Å².